The molecule has 2 aromatic carbocycles. The van der Waals surface area contributed by atoms with Gasteiger partial charge in [0.15, 0.2) is 5.84 Å². The Morgan fingerprint density at radius 2 is 1.91 bits per heavy atom. The van der Waals surface area contributed by atoms with E-state index in [9.17, 15) is 8.78 Å². The normalized spacial score (nSPS) is 20.0. The molecule has 6 nitrogen and oxygen atoms in total. The number of aryl methyl sites for hydroxylation is 1. The van der Waals surface area contributed by atoms with Gasteiger partial charge in [0, 0.05) is 30.8 Å². The lowest BCUT2D eigenvalue weighted by molar-refractivity contribution is -0.126. The number of oxime groups is 1. The number of imidazole rings is 1. The molecule has 1 aromatic heterocycles. The Bertz CT molecular complexity index is 1230. The molecule has 3 aromatic rings. The molecule has 0 amide bonds. The third kappa shape index (κ3) is 3.86. The number of rotatable bonds is 5. The van der Waals surface area contributed by atoms with E-state index in [1.165, 1.54) is 12.1 Å². The first-order valence-corrected chi connectivity index (χ1v) is 10.9. The number of hydrogen-bond acceptors (Lipinski definition) is 5. The summed E-state index contributed by atoms with van der Waals surface area (Å²) in [7, 11) is 1.63. The Labute approximate surface area is 190 Å². The zero-order valence-corrected chi connectivity index (χ0v) is 18.5. The molecule has 5 rings (SSSR count). The number of aromatic nitrogens is 2. The van der Waals surface area contributed by atoms with Gasteiger partial charge in [0.2, 0.25) is 5.72 Å². The molecule has 1 fully saturated rings. The van der Waals surface area contributed by atoms with Gasteiger partial charge in [-0.15, -0.1) is 0 Å². The van der Waals surface area contributed by atoms with E-state index in [0.717, 1.165) is 35.9 Å². The molecular weight excluding hydrogens is 426 g/mol. The number of piperidine rings is 1. The fourth-order valence-corrected chi connectivity index (χ4v) is 4.50. The van der Waals surface area contributed by atoms with Crippen molar-refractivity contribution in [1.82, 2.24) is 14.5 Å². The number of benzene rings is 2. The van der Waals surface area contributed by atoms with Crippen molar-refractivity contribution < 1.29 is 18.4 Å². The molecule has 0 aliphatic carbocycles. The predicted octanol–water partition coefficient (Wildman–Crippen LogP) is 5.16. The lowest BCUT2D eigenvalue weighted by atomic mass is 9.91. The summed E-state index contributed by atoms with van der Waals surface area (Å²) in [6, 6.07) is 9.39. The minimum Gasteiger partial charge on any atom is -0.495 e. The van der Waals surface area contributed by atoms with Crippen LogP contribution in [0.1, 0.15) is 36.1 Å². The van der Waals surface area contributed by atoms with E-state index in [4.69, 9.17) is 9.57 Å². The molecule has 0 bridgehead atoms. The molecule has 1 unspecified atom stereocenters. The van der Waals surface area contributed by atoms with E-state index in [1.807, 2.05) is 52.9 Å². The van der Waals surface area contributed by atoms with Gasteiger partial charge in [-0.05, 0) is 55.7 Å². The van der Waals surface area contributed by atoms with Gasteiger partial charge in [0.05, 0.1) is 24.8 Å². The Kier molecular flexibility index (Phi) is 5.36. The number of hydrogen-bond donors (Lipinski definition) is 0. The Hall–Kier alpha value is -3.68. The molecule has 170 valence electrons. The first kappa shape index (κ1) is 21.2. The topological polar surface area (TPSA) is 51.9 Å². The predicted molar refractivity (Wildman–Crippen MR) is 121 cm³/mol. The maximum atomic E-state index is 13.9. The van der Waals surface area contributed by atoms with Crippen LogP contribution in [-0.4, -0.2) is 33.9 Å². The van der Waals surface area contributed by atoms with Crippen LogP contribution in [-0.2, 0) is 10.6 Å². The van der Waals surface area contributed by atoms with Gasteiger partial charge in [-0.2, -0.15) is 0 Å². The van der Waals surface area contributed by atoms with Crippen LogP contribution >= 0.6 is 0 Å². The number of nitrogens with zero attached hydrogens (tertiary/aromatic N) is 4. The molecule has 1 saturated heterocycles. The number of ether oxygens (including phenoxy) is 1. The van der Waals surface area contributed by atoms with E-state index in [0.29, 0.717) is 30.1 Å². The first-order chi connectivity index (χ1) is 16.0. The maximum Gasteiger partial charge on any atom is 0.237 e. The smallest absolute Gasteiger partial charge is 0.237 e. The quantitative estimate of drug-likeness (QED) is 0.539. The van der Waals surface area contributed by atoms with Gasteiger partial charge in [-0.25, -0.2) is 13.8 Å². The summed E-state index contributed by atoms with van der Waals surface area (Å²) < 4.78 is 35.4. The number of amidine groups is 1. The second-order valence-corrected chi connectivity index (χ2v) is 8.28. The van der Waals surface area contributed by atoms with Crippen LogP contribution in [0.25, 0.3) is 11.8 Å². The van der Waals surface area contributed by atoms with Gasteiger partial charge in [-0.1, -0.05) is 17.3 Å². The molecule has 33 heavy (non-hydrogen) atoms. The molecule has 8 heteroatoms. The van der Waals surface area contributed by atoms with E-state index < -0.39 is 17.4 Å². The molecule has 2 aliphatic heterocycles. The number of methoxy groups -OCH3 is 1. The van der Waals surface area contributed by atoms with Crippen molar-refractivity contribution in [2.45, 2.75) is 31.9 Å². The van der Waals surface area contributed by atoms with Crippen molar-refractivity contribution >= 4 is 11.9 Å². The zero-order valence-electron chi connectivity index (χ0n) is 18.5. The van der Waals surface area contributed by atoms with E-state index in [-0.39, 0.29) is 0 Å². The standard InChI is InChI=1S/C25H24F2N4O2/c1-17-15-30(16-28-17)22-7-5-18(11-23(22)32-2)6-8-24-29-33-25(9-3-4-10-31(24)25)19-12-20(26)14-21(27)13-19/h5-8,11-16H,3-4,9-10H2,1-2H3/b8-6+. The van der Waals surface area contributed by atoms with Gasteiger partial charge >= 0.3 is 0 Å². The Morgan fingerprint density at radius 3 is 2.64 bits per heavy atom. The van der Waals surface area contributed by atoms with Gasteiger partial charge < -0.3 is 19.0 Å². The van der Waals surface area contributed by atoms with Crippen LogP contribution in [0.2, 0.25) is 0 Å². The molecule has 0 spiro atoms. The van der Waals surface area contributed by atoms with E-state index >= 15 is 0 Å². The lowest BCUT2D eigenvalue weighted by Crippen LogP contribution is -2.49. The van der Waals surface area contributed by atoms with Crippen molar-refractivity contribution in [2.24, 2.45) is 5.16 Å². The highest BCUT2D eigenvalue weighted by Crippen LogP contribution is 2.43. The van der Waals surface area contributed by atoms with Gasteiger partial charge in [0.25, 0.3) is 0 Å². The minimum absolute atomic E-state index is 0.438. The van der Waals surface area contributed by atoms with Crippen molar-refractivity contribution in [3.63, 3.8) is 0 Å². The molecule has 3 heterocycles. The summed E-state index contributed by atoms with van der Waals surface area (Å²) in [5.74, 6) is 0.0740. The van der Waals surface area contributed by atoms with Crippen LogP contribution in [0.15, 0.2) is 60.2 Å². The summed E-state index contributed by atoms with van der Waals surface area (Å²) in [5.41, 5.74) is 2.18. The SMILES string of the molecule is COc1cc(/C=C/C2=NOC3(c4cc(F)cc(F)c4)CCCCN23)ccc1-n1cnc(C)c1. The third-order valence-corrected chi connectivity index (χ3v) is 6.08. The highest BCUT2D eigenvalue weighted by atomic mass is 19.1. The Balaban J connectivity index is 1.42. The molecular formula is C25H24F2N4O2. The first-order valence-electron chi connectivity index (χ1n) is 10.9. The lowest BCUT2D eigenvalue weighted by Gasteiger charge is -2.40. The highest BCUT2D eigenvalue weighted by molar-refractivity contribution is 5.97. The van der Waals surface area contributed by atoms with Gasteiger partial charge in [-0.3, -0.25) is 0 Å². The van der Waals surface area contributed by atoms with Crippen LogP contribution in [0.4, 0.5) is 8.78 Å². The van der Waals surface area contributed by atoms with E-state index in [1.54, 1.807) is 13.4 Å². The van der Waals surface area contributed by atoms with Crippen LogP contribution in [0.5, 0.6) is 5.75 Å². The summed E-state index contributed by atoms with van der Waals surface area (Å²) >= 11 is 0. The zero-order chi connectivity index (χ0) is 23.0. The van der Waals surface area contributed by atoms with Gasteiger partial charge in [0.1, 0.15) is 17.4 Å². The maximum absolute atomic E-state index is 13.9. The fourth-order valence-electron chi connectivity index (χ4n) is 4.50. The van der Waals surface area contributed by atoms with E-state index in [2.05, 4.69) is 10.1 Å². The molecule has 0 radical (unpaired) electrons. The summed E-state index contributed by atoms with van der Waals surface area (Å²) in [6.45, 7) is 2.62. The molecule has 2 aliphatic rings. The highest BCUT2D eigenvalue weighted by Gasteiger charge is 2.48. The van der Waals surface area contributed by atoms with Crippen molar-refractivity contribution in [3.8, 4) is 11.4 Å². The summed E-state index contributed by atoms with van der Waals surface area (Å²) in [4.78, 5) is 12.1. The summed E-state index contributed by atoms with van der Waals surface area (Å²) in [5, 5.41) is 4.28. The fraction of sp³-hybridized carbons (Fsp3) is 0.280. The minimum atomic E-state index is -0.984. The third-order valence-electron chi connectivity index (χ3n) is 6.08. The molecule has 0 saturated carbocycles. The average molecular weight is 450 g/mol. The van der Waals surface area contributed by atoms with Crippen LogP contribution in [0.3, 0.4) is 0 Å². The Morgan fingerprint density at radius 1 is 1.09 bits per heavy atom. The molecule has 0 N–H and O–H groups in total. The van der Waals surface area contributed by atoms with Crippen LogP contribution in [0, 0.1) is 18.6 Å². The number of halogens is 2. The van der Waals surface area contributed by atoms with Crippen molar-refractivity contribution in [1.29, 1.82) is 0 Å². The second-order valence-electron chi connectivity index (χ2n) is 8.28. The molecule has 1 atom stereocenters. The van der Waals surface area contributed by atoms with Crippen molar-refractivity contribution in [3.05, 3.63) is 83.5 Å². The second kappa shape index (κ2) is 8.35. The van der Waals surface area contributed by atoms with Crippen molar-refractivity contribution in [2.75, 3.05) is 13.7 Å². The summed E-state index contributed by atoms with van der Waals surface area (Å²) in [6.07, 6.45) is 9.89. The van der Waals surface area contributed by atoms with Crippen LogP contribution < -0.4 is 4.74 Å². The largest absolute Gasteiger partial charge is 0.495 e. The monoisotopic (exact) mass is 450 g/mol. The average Bonchev–Trinajstić information content (AvgIpc) is 3.41. The number of fused-ring (bicyclic) bond motifs is 1.